The van der Waals surface area contributed by atoms with Crippen molar-refractivity contribution in [1.82, 2.24) is 5.32 Å². The van der Waals surface area contributed by atoms with Gasteiger partial charge in [0, 0.05) is 16.9 Å². The van der Waals surface area contributed by atoms with Crippen molar-refractivity contribution in [3.05, 3.63) is 96.1 Å². The SMILES string of the molecule is C=Cc1ccc(NC(=C)c2ccc(C(=C)C)cc2)c(C)c1.CC1CCCCCC1.CNC12CC=C(C)CC(CC1)C2. The van der Waals surface area contributed by atoms with Gasteiger partial charge in [-0.25, -0.2) is 0 Å². The second-order valence-corrected chi connectivity index (χ2v) is 12.9. The summed E-state index contributed by atoms with van der Waals surface area (Å²) in [5, 5.41) is 6.90. The third-order valence-electron chi connectivity index (χ3n) is 9.33. The Balaban J connectivity index is 0.000000193. The average molecular weight is 553 g/mol. The second kappa shape index (κ2) is 16.0. The molecule has 41 heavy (non-hydrogen) atoms. The highest BCUT2D eigenvalue weighted by Gasteiger charge is 2.38. The van der Waals surface area contributed by atoms with Crippen LogP contribution in [0.3, 0.4) is 0 Å². The van der Waals surface area contributed by atoms with Gasteiger partial charge in [-0.3, -0.25) is 0 Å². The molecule has 2 atom stereocenters. The molecule has 2 unspecified atom stereocenters. The van der Waals surface area contributed by atoms with E-state index < -0.39 is 0 Å². The molecule has 2 fully saturated rings. The van der Waals surface area contributed by atoms with Gasteiger partial charge in [-0.1, -0.05) is 119 Å². The lowest BCUT2D eigenvalue weighted by atomic mass is 9.93. The molecule has 2 aromatic rings. The molecule has 3 aliphatic carbocycles. The number of hydrogen-bond donors (Lipinski definition) is 2. The maximum absolute atomic E-state index is 4.12. The highest BCUT2D eigenvalue weighted by molar-refractivity contribution is 5.78. The molecule has 2 bridgehead atoms. The van der Waals surface area contributed by atoms with Crippen LogP contribution in [0.4, 0.5) is 5.69 Å². The smallest absolute Gasteiger partial charge is 0.0414 e. The average Bonchev–Trinajstić information content (AvgIpc) is 3.10. The van der Waals surface area contributed by atoms with Crippen LogP contribution in [0.5, 0.6) is 0 Å². The Bertz CT molecular complexity index is 1180. The normalized spacial score (nSPS) is 22.0. The molecule has 0 saturated heterocycles. The van der Waals surface area contributed by atoms with Gasteiger partial charge in [-0.15, -0.1) is 0 Å². The van der Waals surface area contributed by atoms with E-state index in [1.54, 1.807) is 5.57 Å². The molecule has 3 aliphatic rings. The lowest BCUT2D eigenvalue weighted by molar-refractivity contribution is 0.353. The van der Waals surface area contributed by atoms with Gasteiger partial charge in [-0.2, -0.15) is 0 Å². The van der Waals surface area contributed by atoms with Crippen molar-refractivity contribution in [1.29, 1.82) is 0 Å². The summed E-state index contributed by atoms with van der Waals surface area (Å²) in [4.78, 5) is 0. The fraction of sp³-hybridized carbons (Fsp3) is 0.487. The standard InChI is InChI=1S/C20H21N.C11H19N.C8H16/c1-6-17-7-12-20(15(4)13-17)21-16(5)19-10-8-18(9-11-19)14(2)3;1-9-3-5-11(12-2)6-4-10(7-9)8-11;1-8-6-4-2-3-5-7-8/h6-13,21H,1-2,5H2,3-4H3;3,10,12H,4-8H2,1-2H3;8H,2-7H2,1H3. The Morgan fingerprint density at radius 3 is 2.17 bits per heavy atom. The number of anilines is 1. The van der Waals surface area contributed by atoms with Crippen molar-refractivity contribution < 1.29 is 0 Å². The molecule has 0 aliphatic heterocycles. The molecule has 0 heterocycles. The van der Waals surface area contributed by atoms with Crippen LogP contribution in [-0.2, 0) is 0 Å². The van der Waals surface area contributed by atoms with Crippen molar-refractivity contribution in [2.45, 2.75) is 104 Å². The number of fused-ring (bicyclic) bond motifs is 2. The molecular weight excluding hydrogens is 496 g/mol. The van der Waals surface area contributed by atoms with E-state index in [0.29, 0.717) is 5.54 Å². The summed E-state index contributed by atoms with van der Waals surface area (Å²) in [7, 11) is 2.12. The highest BCUT2D eigenvalue weighted by Crippen LogP contribution is 2.42. The van der Waals surface area contributed by atoms with E-state index in [9.17, 15) is 0 Å². The summed E-state index contributed by atoms with van der Waals surface area (Å²) in [6.45, 7) is 20.6. The predicted octanol–water partition coefficient (Wildman–Crippen LogP) is 11.2. The molecule has 0 amide bonds. The zero-order chi connectivity index (χ0) is 29.8. The van der Waals surface area contributed by atoms with Crippen molar-refractivity contribution >= 4 is 23.0 Å². The Hall–Kier alpha value is -2.84. The van der Waals surface area contributed by atoms with Crippen molar-refractivity contribution in [2.75, 3.05) is 12.4 Å². The van der Waals surface area contributed by atoms with Gasteiger partial charge in [0.2, 0.25) is 0 Å². The summed E-state index contributed by atoms with van der Waals surface area (Å²) < 4.78 is 0. The molecule has 222 valence electrons. The fourth-order valence-corrected chi connectivity index (χ4v) is 6.46. The number of benzene rings is 2. The Labute approximate surface area is 252 Å². The summed E-state index contributed by atoms with van der Waals surface area (Å²) in [6, 6.07) is 14.5. The fourth-order valence-electron chi connectivity index (χ4n) is 6.46. The Morgan fingerprint density at radius 1 is 0.927 bits per heavy atom. The summed E-state index contributed by atoms with van der Waals surface area (Å²) in [5.74, 6) is 1.99. The van der Waals surface area contributed by atoms with Crippen molar-refractivity contribution in [2.24, 2.45) is 11.8 Å². The first-order chi connectivity index (χ1) is 19.6. The lowest BCUT2D eigenvalue weighted by Gasteiger charge is -2.26. The molecular formula is C39H56N2. The van der Waals surface area contributed by atoms with Crippen LogP contribution in [0.15, 0.2) is 73.9 Å². The number of aryl methyl sites for hydroxylation is 1. The van der Waals surface area contributed by atoms with E-state index in [2.05, 4.69) is 101 Å². The molecule has 5 rings (SSSR count). The summed E-state index contributed by atoms with van der Waals surface area (Å²) in [5.41, 5.74) is 9.62. The highest BCUT2D eigenvalue weighted by atomic mass is 14.9. The minimum Gasteiger partial charge on any atom is -0.355 e. The van der Waals surface area contributed by atoms with Gasteiger partial charge in [0.15, 0.2) is 0 Å². The van der Waals surface area contributed by atoms with Crippen LogP contribution >= 0.6 is 0 Å². The van der Waals surface area contributed by atoms with E-state index in [4.69, 9.17) is 0 Å². The van der Waals surface area contributed by atoms with E-state index >= 15 is 0 Å². The van der Waals surface area contributed by atoms with E-state index in [1.807, 2.05) is 19.1 Å². The zero-order valence-corrected chi connectivity index (χ0v) is 26.8. The van der Waals surface area contributed by atoms with Crippen LogP contribution in [0, 0.1) is 18.8 Å². The zero-order valence-electron chi connectivity index (χ0n) is 26.8. The third kappa shape index (κ3) is 10.2. The molecule has 2 nitrogen and oxygen atoms in total. The maximum Gasteiger partial charge on any atom is 0.0414 e. The third-order valence-corrected chi connectivity index (χ3v) is 9.33. The van der Waals surface area contributed by atoms with Gasteiger partial charge in [0.05, 0.1) is 0 Å². The van der Waals surface area contributed by atoms with Gasteiger partial charge in [-0.05, 0) is 106 Å². The predicted molar refractivity (Wildman–Crippen MR) is 184 cm³/mol. The van der Waals surface area contributed by atoms with Crippen LogP contribution in [0.25, 0.3) is 17.3 Å². The number of nitrogens with one attached hydrogen (secondary N) is 2. The lowest BCUT2D eigenvalue weighted by Crippen LogP contribution is -2.39. The summed E-state index contributed by atoms with van der Waals surface area (Å²) in [6.07, 6.45) is 20.0. The topological polar surface area (TPSA) is 24.1 Å². The van der Waals surface area contributed by atoms with Gasteiger partial charge in [0.1, 0.15) is 0 Å². The first kappa shape index (κ1) is 32.7. The van der Waals surface area contributed by atoms with Crippen LogP contribution < -0.4 is 10.6 Å². The number of allylic oxidation sites excluding steroid dienone is 2. The van der Waals surface area contributed by atoms with Crippen LogP contribution in [-0.4, -0.2) is 12.6 Å². The molecule has 0 spiro atoms. The molecule has 0 aromatic heterocycles. The number of hydrogen-bond acceptors (Lipinski definition) is 2. The van der Waals surface area contributed by atoms with Gasteiger partial charge in [0.25, 0.3) is 0 Å². The van der Waals surface area contributed by atoms with Gasteiger partial charge >= 0.3 is 0 Å². The van der Waals surface area contributed by atoms with Crippen LogP contribution in [0.2, 0.25) is 0 Å². The monoisotopic (exact) mass is 552 g/mol. The second-order valence-electron chi connectivity index (χ2n) is 12.9. The molecule has 0 radical (unpaired) electrons. The minimum atomic E-state index is 0.475. The number of rotatable bonds is 6. The largest absolute Gasteiger partial charge is 0.355 e. The molecule has 2 N–H and O–H groups in total. The van der Waals surface area contributed by atoms with Crippen molar-refractivity contribution in [3.63, 3.8) is 0 Å². The minimum absolute atomic E-state index is 0.475. The first-order valence-electron chi connectivity index (χ1n) is 15.9. The first-order valence-corrected chi connectivity index (χ1v) is 15.9. The van der Waals surface area contributed by atoms with E-state index in [1.165, 1.54) is 76.2 Å². The molecule has 2 heteroatoms. The van der Waals surface area contributed by atoms with Crippen molar-refractivity contribution in [3.8, 4) is 0 Å². The Morgan fingerprint density at radius 2 is 1.59 bits per heavy atom. The van der Waals surface area contributed by atoms with E-state index in [0.717, 1.165) is 45.5 Å². The quantitative estimate of drug-likeness (QED) is 0.275. The van der Waals surface area contributed by atoms with Gasteiger partial charge < -0.3 is 10.6 Å². The molecule has 2 aromatic carbocycles. The van der Waals surface area contributed by atoms with Crippen LogP contribution in [0.1, 0.15) is 114 Å². The molecule has 2 saturated carbocycles. The maximum atomic E-state index is 4.12. The summed E-state index contributed by atoms with van der Waals surface area (Å²) >= 11 is 0. The Kier molecular flexibility index (Phi) is 12.7. The van der Waals surface area contributed by atoms with E-state index in [-0.39, 0.29) is 0 Å².